The second-order valence-corrected chi connectivity index (χ2v) is 5.88. The summed E-state index contributed by atoms with van der Waals surface area (Å²) in [5.41, 5.74) is 4.02. The SMILES string of the molecule is CCCNC(=O)C(C)NCc1ccc2c(c1)CCCN2C. The molecule has 1 aliphatic rings. The predicted molar refractivity (Wildman–Crippen MR) is 87.6 cm³/mol. The van der Waals surface area contributed by atoms with E-state index in [1.54, 1.807) is 0 Å². The van der Waals surface area contributed by atoms with Gasteiger partial charge in [0.25, 0.3) is 0 Å². The first-order chi connectivity index (χ1) is 10.1. The van der Waals surface area contributed by atoms with E-state index in [1.807, 2.05) is 6.92 Å². The molecule has 0 fully saturated rings. The molecule has 2 N–H and O–H groups in total. The Morgan fingerprint density at radius 2 is 2.24 bits per heavy atom. The van der Waals surface area contributed by atoms with Crippen LogP contribution in [0, 0.1) is 0 Å². The minimum atomic E-state index is -0.157. The molecule has 1 unspecified atom stereocenters. The maximum atomic E-state index is 11.8. The number of fused-ring (bicyclic) bond motifs is 1. The van der Waals surface area contributed by atoms with Gasteiger partial charge >= 0.3 is 0 Å². The molecule has 0 saturated carbocycles. The number of rotatable bonds is 6. The highest BCUT2D eigenvalue weighted by atomic mass is 16.2. The molecule has 1 heterocycles. The zero-order valence-corrected chi connectivity index (χ0v) is 13.4. The second-order valence-electron chi connectivity index (χ2n) is 5.88. The van der Waals surface area contributed by atoms with Gasteiger partial charge in [0, 0.05) is 32.4 Å². The van der Waals surface area contributed by atoms with Gasteiger partial charge in [-0.25, -0.2) is 0 Å². The molecule has 1 atom stereocenters. The van der Waals surface area contributed by atoms with Gasteiger partial charge in [-0.1, -0.05) is 19.1 Å². The van der Waals surface area contributed by atoms with Gasteiger partial charge in [0.2, 0.25) is 5.91 Å². The summed E-state index contributed by atoms with van der Waals surface area (Å²) in [6.07, 6.45) is 3.34. The van der Waals surface area contributed by atoms with E-state index in [1.165, 1.54) is 23.2 Å². The lowest BCUT2D eigenvalue weighted by atomic mass is 9.99. The highest BCUT2D eigenvalue weighted by Gasteiger charge is 2.15. The molecule has 1 aliphatic heterocycles. The number of hydrogen-bond acceptors (Lipinski definition) is 3. The number of aryl methyl sites for hydroxylation is 1. The summed E-state index contributed by atoms with van der Waals surface area (Å²) >= 11 is 0. The molecule has 0 saturated heterocycles. The number of carbonyl (C=O) groups is 1. The Labute approximate surface area is 127 Å². The molecular formula is C17H27N3O. The van der Waals surface area contributed by atoms with E-state index in [2.05, 4.69) is 47.7 Å². The number of nitrogens with zero attached hydrogens (tertiary/aromatic N) is 1. The van der Waals surface area contributed by atoms with Gasteiger partial charge in [-0.2, -0.15) is 0 Å². The fourth-order valence-corrected chi connectivity index (χ4v) is 2.71. The van der Waals surface area contributed by atoms with E-state index >= 15 is 0 Å². The van der Waals surface area contributed by atoms with Crippen molar-refractivity contribution in [3.63, 3.8) is 0 Å². The number of hydrogen-bond donors (Lipinski definition) is 2. The van der Waals surface area contributed by atoms with E-state index in [4.69, 9.17) is 0 Å². The summed E-state index contributed by atoms with van der Waals surface area (Å²) in [5, 5.41) is 6.22. The van der Waals surface area contributed by atoms with E-state index in [0.29, 0.717) is 0 Å². The molecule has 0 aliphatic carbocycles. The van der Waals surface area contributed by atoms with Crippen molar-refractivity contribution >= 4 is 11.6 Å². The van der Waals surface area contributed by atoms with E-state index in [9.17, 15) is 4.79 Å². The van der Waals surface area contributed by atoms with Crippen molar-refractivity contribution < 1.29 is 4.79 Å². The molecule has 1 amide bonds. The Bertz CT molecular complexity index is 487. The van der Waals surface area contributed by atoms with Crippen molar-refractivity contribution in [2.45, 2.75) is 45.7 Å². The molecule has 1 aromatic rings. The van der Waals surface area contributed by atoms with Gasteiger partial charge in [-0.15, -0.1) is 0 Å². The standard InChI is InChI=1S/C17H27N3O/c1-4-9-18-17(21)13(2)19-12-14-7-8-16-15(11-14)6-5-10-20(16)3/h7-8,11,13,19H,4-6,9-10,12H2,1-3H3,(H,18,21). The maximum Gasteiger partial charge on any atom is 0.236 e. The number of amides is 1. The zero-order valence-electron chi connectivity index (χ0n) is 13.4. The smallest absolute Gasteiger partial charge is 0.236 e. The largest absolute Gasteiger partial charge is 0.374 e. The average Bonchev–Trinajstić information content (AvgIpc) is 2.50. The minimum Gasteiger partial charge on any atom is -0.374 e. The summed E-state index contributed by atoms with van der Waals surface area (Å²) in [6.45, 7) is 6.59. The fourth-order valence-electron chi connectivity index (χ4n) is 2.71. The Hall–Kier alpha value is -1.55. The Balaban J connectivity index is 1.90. The zero-order chi connectivity index (χ0) is 15.2. The van der Waals surface area contributed by atoms with Gasteiger partial charge in [-0.3, -0.25) is 4.79 Å². The van der Waals surface area contributed by atoms with Gasteiger partial charge in [0.05, 0.1) is 6.04 Å². The molecule has 0 bridgehead atoms. The van der Waals surface area contributed by atoms with E-state index < -0.39 is 0 Å². The second kappa shape index (κ2) is 7.46. The number of carbonyl (C=O) groups excluding carboxylic acids is 1. The third-order valence-corrected chi connectivity index (χ3v) is 4.05. The molecule has 4 heteroatoms. The summed E-state index contributed by atoms with van der Waals surface area (Å²) in [6, 6.07) is 6.47. The molecule has 0 spiro atoms. The van der Waals surface area contributed by atoms with Crippen LogP contribution in [0.4, 0.5) is 5.69 Å². The quantitative estimate of drug-likeness (QED) is 0.842. The summed E-state index contributed by atoms with van der Waals surface area (Å²) < 4.78 is 0. The van der Waals surface area contributed by atoms with Crippen molar-refractivity contribution in [2.75, 3.05) is 25.0 Å². The normalized spacial score (nSPS) is 15.5. The lowest BCUT2D eigenvalue weighted by Gasteiger charge is -2.28. The van der Waals surface area contributed by atoms with Crippen LogP contribution in [0.3, 0.4) is 0 Å². The average molecular weight is 289 g/mol. The first-order valence-electron chi connectivity index (χ1n) is 7.96. The molecule has 4 nitrogen and oxygen atoms in total. The molecule has 2 rings (SSSR count). The first-order valence-corrected chi connectivity index (χ1v) is 7.96. The van der Waals surface area contributed by atoms with Crippen LogP contribution in [0.15, 0.2) is 18.2 Å². The lowest BCUT2D eigenvalue weighted by Crippen LogP contribution is -2.42. The number of anilines is 1. The van der Waals surface area contributed by atoms with Crippen LogP contribution in [-0.2, 0) is 17.8 Å². The summed E-state index contributed by atoms with van der Waals surface area (Å²) in [7, 11) is 2.15. The van der Waals surface area contributed by atoms with Crippen molar-refractivity contribution in [1.82, 2.24) is 10.6 Å². The molecule has 21 heavy (non-hydrogen) atoms. The summed E-state index contributed by atoms with van der Waals surface area (Å²) in [5.74, 6) is 0.0783. The Morgan fingerprint density at radius 3 is 3.00 bits per heavy atom. The molecule has 116 valence electrons. The molecular weight excluding hydrogens is 262 g/mol. The number of nitrogens with one attached hydrogen (secondary N) is 2. The van der Waals surface area contributed by atoms with Crippen molar-refractivity contribution in [2.24, 2.45) is 0 Å². The third kappa shape index (κ3) is 4.21. The van der Waals surface area contributed by atoms with Crippen molar-refractivity contribution in [3.05, 3.63) is 29.3 Å². The van der Waals surface area contributed by atoms with Crippen LogP contribution in [0.1, 0.15) is 37.8 Å². The summed E-state index contributed by atoms with van der Waals surface area (Å²) in [4.78, 5) is 14.1. The topological polar surface area (TPSA) is 44.4 Å². The molecule has 0 aromatic heterocycles. The van der Waals surface area contributed by atoms with Gasteiger partial charge in [0.15, 0.2) is 0 Å². The van der Waals surface area contributed by atoms with Crippen LogP contribution in [-0.4, -0.2) is 32.1 Å². The minimum absolute atomic E-state index is 0.0783. The van der Waals surface area contributed by atoms with Gasteiger partial charge in [-0.05, 0) is 43.4 Å². The van der Waals surface area contributed by atoms with Crippen molar-refractivity contribution in [1.29, 1.82) is 0 Å². The van der Waals surface area contributed by atoms with Gasteiger partial charge in [0.1, 0.15) is 0 Å². The van der Waals surface area contributed by atoms with Crippen LogP contribution in [0.2, 0.25) is 0 Å². The van der Waals surface area contributed by atoms with Crippen LogP contribution in [0.5, 0.6) is 0 Å². The van der Waals surface area contributed by atoms with E-state index in [0.717, 1.165) is 32.5 Å². The number of benzene rings is 1. The van der Waals surface area contributed by atoms with Crippen LogP contribution in [0.25, 0.3) is 0 Å². The lowest BCUT2D eigenvalue weighted by molar-refractivity contribution is -0.122. The van der Waals surface area contributed by atoms with Gasteiger partial charge < -0.3 is 15.5 Å². The maximum absolute atomic E-state index is 11.8. The fraction of sp³-hybridized carbons (Fsp3) is 0.588. The highest BCUT2D eigenvalue weighted by Crippen LogP contribution is 2.26. The monoisotopic (exact) mass is 289 g/mol. The molecule has 0 radical (unpaired) electrons. The van der Waals surface area contributed by atoms with E-state index in [-0.39, 0.29) is 11.9 Å². The van der Waals surface area contributed by atoms with Crippen molar-refractivity contribution in [3.8, 4) is 0 Å². The highest BCUT2D eigenvalue weighted by molar-refractivity contribution is 5.81. The Morgan fingerprint density at radius 1 is 1.43 bits per heavy atom. The first kappa shape index (κ1) is 15.8. The third-order valence-electron chi connectivity index (χ3n) is 4.05. The Kier molecular flexibility index (Phi) is 5.62. The van der Waals surface area contributed by atoms with Crippen LogP contribution >= 0.6 is 0 Å². The predicted octanol–water partition coefficient (Wildman–Crippen LogP) is 2.07. The van der Waals surface area contributed by atoms with Crippen LogP contribution < -0.4 is 15.5 Å². The molecule has 1 aromatic carbocycles.